The van der Waals surface area contributed by atoms with E-state index in [1.807, 2.05) is 24.0 Å². The Bertz CT molecular complexity index is 725. The Balaban J connectivity index is 2.61. The maximum Gasteiger partial charge on any atom is 0.270 e. The van der Waals surface area contributed by atoms with Crippen LogP contribution in [0, 0.1) is 22.7 Å². The van der Waals surface area contributed by atoms with Crippen molar-refractivity contribution in [3.8, 4) is 12.1 Å². The van der Waals surface area contributed by atoms with Crippen LogP contribution in [-0.4, -0.2) is 35.8 Å². The molecule has 6 nitrogen and oxygen atoms in total. The van der Waals surface area contributed by atoms with Gasteiger partial charge in [0.1, 0.15) is 21.3 Å². The van der Waals surface area contributed by atoms with Gasteiger partial charge in [-0.2, -0.15) is 10.5 Å². The minimum absolute atomic E-state index is 0.0180. The van der Waals surface area contributed by atoms with Gasteiger partial charge in [0, 0.05) is 25.8 Å². The van der Waals surface area contributed by atoms with Crippen molar-refractivity contribution < 1.29 is 4.74 Å². The molecule has 1 aliphatic heterocycles. The van der Waals surface area contributed by atoms with Crippen LogP contribution < -0.4 is 14.8 Å². The Kier molecular flexibility index (Phi) is 4.57. The maximum atomic E-state index is 12.3. The van der Waals surface area contributed by atoms with Crippen LogP contribution in [0.1, 0.15) is 6.92 Å². The molecule has 0 aromatic carbocycles. The van der Waals surface area contributed by atoms with Crippen LogP contribution in [0.3, 0.4) is 0 Å². The number of hydrogen-bond acceptors (Lipinski definition) is 6. The van der Waals surface area contributed by atoms with Crippen LogP contribution in [-0.2, 0) is 11.3 Å². The predicted molar refractivity (Wildman–Crippen MR) is 75.0 cm³/mol. The first-order valence-corrected chi connectivity index (χ1v) is 7.10. The molecule has 1 saturated heterocycles. The predicted octanol–water partition coefficient (Wildman–Crippen LogP) is -0.802. The number of nitriles is 2. The Hall–Kier alpha value is -2.09. The Morgan fingerprint density at radius 3 is 2.60 bits per heavy atom. The number of rotatable bonds is 2. The fourth-order valence-corrected chi connectivity index (χ4v) is 3.10. The third-order valence-corrected chi connectivity index (χ3v) is 4.12. The zero-order valence-corrected chi connectivity index (χ0v) is 11.9. The summed E-state index contributed by atoms with van der Waals surface area (Å²) in [5, 5.41) is 17.9. The summed E-state index contributed by atoms with van der Waals surface area (Å²) < 4.78 is 7.71. The largest absolute Gasteiger partial charge is 0.378 e. The van der Waals surface area contributed by atoms with E-state index in [9.17, 15) is 4.79 Å². The molecule has 0 aliphatic carbocycles. The lowest BCUT2D eigenvalue weighted by atomic mass is 10.4. The number of hydrogen-bond donors (Lipinski definition) is 0. The highest BCUT2D eigenvalue weighted by molar-refractivity contribution is 7.07. The van der Waals surface area contributed by atoms with Crippen LogP contribution in [0.5, 0.6) is 0 Å². The second-order valence-corrected chi connectivity index (χ2v) is 5.23. The maximum absolute atomic E-state index is 12.3. The van der Waals surface area contributed by atoms with Crippen LogP contribution >= 0.6 is 11.3 Å². The fourth-order valence-electron chi connectivity index (χ4n) is 1.98. The van der Waals surface area contributed by atoms with Crippen molar-refractivity contribution in [1.82, 2.24) is 9.47 Å². The van der Waals surface area contributed by atoms with Gasteiger partial charge in [0.15, 0.2) is 5.57 Å². The molecule has 0 bridgehead atoms. The van der Waals surface area contributed by atoms with E-state index in [-0.39, 0.29) is 11.1 Å². The van der Waals surface area contributed by atoms with Crippen molar-refractivity contribution in [3.05, 3.63) is 19.5 Å². The van der Waals surface area contributed by atoms with Crippen molar-refractivity contribution in [2.75, 3.05) is 26.3 Å². The average Bonchev–Trinajstić information content (AvgIpc) is 2.78. The molecule has 0 radical (unpaired) electrons. The van der Waals surface area contributed by atoms with Crippen molar-refractivity contribution in [2.45, 2.75) is 13.5 Å². The van der Waals surface area contributed by atoms with Crippen LogP contribution in [0.25, 0.3) is 11.8 Å². The van der Waals surface area contributed by atoms with E-state index in [0.29, 0.717) is 29.0 Å². The molecular formula is C13H14N4O2S. The Morgan fingerprint density at radius 2 is 2.05 bits per heavy atom. The van der Waals surface area contributed by atoms with E-state index < -0.39 is 0 Å². The van der Waals surface area contributed by atoms with Gasteiger partial charge in [0.2, 0.25) is 0 Å². The first kappa shape index (κ1) is 14.3. The lowest BCUT2D eigenvalue weighted by molar-refractivity contribution is 0.0663. The minimum atomic E-state index is -0.151. The molecule has 7 heteroatoms. The standard InChI is InChI=1S/C13H14N4O2S/c1-2-17-12(18)11(9-16-3-5-19-6-4-16)20-13(17)10(7-14)8-15/h9H,2-6H2,1H3/b11-9+. The molecule has 20 heavy (non-hydrogen) atoms. The second-order valence-electron chi connectivity index (χ2n) is 4.20. The zero-order valence-electron chi connectivity index (χ0n) is 11.1. The van der Waals surface area contributed by atoms with E-state index in [0.717, 1.165) is 13.1 Å². The summed E-state index contributed by atoms with van der Waals surface area (Å²) in [5.74, 6) is 0. The molecule has 0 unspecified atom stereocenters. The van der Waals surface area contributed by atoms with Gasteiger partial charge in [-0.15, -0.1) is 11.3 Å². The number of thiazole rings is 1. The van der Waals surface area contributed by atoms with Gasteiger partial charge in [-0.1, -0.05) is 0 Å². The number of ether oxygens (including phenoxy) is 1. The van der Waals surface area contributed by atoms with E-state index in [1.54, 1.807) is 6.20 Å². The van der Waals surface area contributed by atoms with Crippen LogP contribution in [0.2, 0.25) is 0 Å². The molecule has 0 saturated carbocycles. The quantitative estimate of drug-likeness (QED) is 0.712. The molecule has 0 spiro atoms. The van der Waals surface area contributed by atoms with Crippen molar-refractivity contribution in [1.29, 1.82) is 10.5 Å². The van der Waals surface area contributed by atoms with Crippen molar-refractivity contribution in [3.63, 3.8) is 0 Å². The molecule has 104 valence electrons. The summed E-state index contributed by atoms with van der Waals surface area (Å²) in [6.07, 6.45) is 1.80. The van der Waals surface area contributed by atoms with Gasteiger partial charge in [-0.3, -0.25) is 9.36 Å². The molecule has 2 heterocycles. The zero-order chi connectivity index (χ0) is 14.5. The SMILES string of the molecule is CCn1c(=C(C#N)C#N)s/c(=C/N2CCOCC2)c1=O. The summed E-state index contributed by atoms with van der Waals surface area (Å²) in [4.78, 5) is 14.3. The smallest absolute Gasteiger partial charge is 0.270 e. The van der Waals surface area contributed by atoms with Gasteiger partial charge in [0.05, 0.1) is 13.2 Å². The van der Waals surface area contributed by atoms with Gasteiger partial charge in [-0.25, -0.2) is 0 Å². The summed E-state index contributed by atoms with van der Waals surface area (Å²) >= 11 is 1.19. The molecule has 0 N–H and O–H groups in total. The van der Waals surface area contributed by atoms with E-state index in [1.165, 1.54) is 15.9 Å². The molecule has 0 amide bonds. The van der Waals surface area contributed by atoms with Crippen molar-refractivity contribution >= 4 is 23.1 Å². The first-order chi connectivity index (χ1) is 9.71. The highest BCUT2D eigenvalue weighted by atomic mass is 32.1. The molecule has 1 aromatic rings. The van der Waals surface area contributed by atoms with Gasteiger partial charge >= 0.3 is 0 Å². The number of morpholine rings is 1. The average molecular weight is 290 g/mol. The summed E-state index contributed by atoms with van der Waals surface area (Å²) in [6.45, 7) is 5.03. The van der Waals surface area contributed by atoms with E-state index in [4.69, 9.17) is 15.3 Å². The monoisotopic (exact) mass is 290 g/mol. The summed E-state index contributed by atoms with van der Waals surface area (Å²) in [5.41, 5.74) is -0.169. The molecule has 1 fully saturated rings. The highest BCUT2D eigenvalue weighted by Crippen LogP contribution is 1.97. The van der Waals surface area contributed by atoms with Gasteiger partial charge in [-0.05, 0) is 6.92 Å². The first-order valence-electron chi connectivity index (χ1n) is 6.29. The molecule has 1 aromatic heterocycles. The van der Waals surface area contributed by atoms with Crippen LogP contribution in [0.4, 0.5) is 0 Å². The fraction of sp³-hybridized carbons (Fsp3) is 0.462. The molecule has 1 aliphatic rings. The number of aromatic nitrogens is 1. The van der Waals surface area contributed by atoms with Gasteiger partial charge in [0.25, 0.3) is 5.56 Å². The van der Waals surface area contributed by atoms with Gasteiger partial charge < -0.3 is 9.64 Å². The Morgan fingerprint density at radius 1 is 1.40 bits per heavy atom. The molecular weight excluding hydrogens is 276 g/mol. The van der Waals surface area contributed by atoms with Crippen molar-refractivity contribution in [2.24, 2.45) is 0 Å². The van der Waals surface area contributed by atoms with Crippen LogP contribution in [0.15, 0.2) is 4.79 Å². The van der Waals surface area contributed by atoms with E-state index in [2.05, 4.69) is 0 Å². The third kappa shape index (κ3) is 2.74. The molecule has 0 atom stereocenters. The minimum Gasteiger partial charge on any atom is -0.378 e. The topological polar surface area (TPSA) is 82.1 Å². The normalized spacial score (nSPS) is 15.8. The third-order valence-electron chi connectivity index (χ3n) is 3.01. The Labute approximate surface area is 120 Å². The second kappa shape index (κ2) is 6.38. The summed E-state index contributed by atoms with van der Waals surface area (Å²) in [7, 11) is 0. The lowest BCUT2D eigenvalue weighted by Crippen LogP contribution is -2.36. The highest BCUT2D eigenvalue weighted by Gasteiger charge is 2.10. The lowest BCUT2D eigenvalue weighted by Gasteiger charge is -2.24. The molecule has 2 rings (SSSR count). The van der Waals surface area contributed by atoms with E-state index >= 15 is 0 Å². The summed E-state index contributed by atoms with van der Waals surface area (Å²) in [6, 6.07) is 3.69. The number of nitrogens with zero attached hydrogens (tertiary/aromatic N) is 4.